The number of carbonyl (C=O) groups excluding carboxylic acids is 1. The van der Waals surface area contributed by atoms with Crippen molar-refractivity contribution in [2.45, 2.75) is 6.54 Å². The highest BCUT2D eigenvalue weighted by Crippen LogP contribution is 2.27. The molecule has 0 atom stereocenters. The van der Waals surface area contributed by atoms with Crippen LogP contribution in [0.25, 0.3) is 10.7 Å². The lowest BCUT2D eigenvalue weighted by Crippen LogP contribution is -2.31. The molecule has 0 aliphatic heterocycles. The number of aromatic nitrogens is 2. The quantitative estimate of drug-likeness (QED) is 0.585. The third-order valence-electron chi connectivity index (χ3n) is 3.70. The monoisotopic (exact) mass is 389 g/mol. The van der Waals surface area contributed by atoms with Crippen LogP contribution in [-0.4, -0.2) is 48.8 Å². The summed E-state index contributed by atoms with van der Waals surface area (Å²) in [5, 5.41) is 5.87. The van der Waals surface area contributed by atoms with Crippen molar-refractivity contribution < 1.29 is 23.5 Å². The van der Waals surface area contributed by atoms with Crippen LogP contribution < -0.4 is 14.2 Å². The van der Waals surface area contributed by atoms with Crippen molar-refractivity contribution >= 4 is 17.2 Å². The van der Waals surface area contributed by atoms with Gasteiger partial charge in [0.1, 0.15) is 17.2 Å². The molecule has 0 unspecified atom stereocenters. The molecule has 0 aliphatic carbocycles. The highest BCUT2D eigenvalue weighted by Gasteiger charge is 2.16. The zero-order valence-corrected chi connectivity index (χ0v) is 16.0. The maximum Gasteiger partial charge on any atom is 0.260 e. The molecule has 9 heteroatoms. The molecule has 8 nitrogen and oxygen atoms in total. The lowest BCUT2D eigenvalue weighted by molar-refractivity contribution is -0.132. The fourth-order valence-electron chi connectivity index (χ4n) is 2.24. The van der Waals surface area contributed by atoms with Gasteiger partial charge in [0.05, 0.1) is 25.6 Å². The largest absolute Gasteiger partial charge is 0.496 e. The molecule has 0 aliphatic rings. The Hall–Kier alpha value is -3.07. The van der Waals surface area contributed by atoms with Crippen molar-refractivity contribution in [2.24, 2.45) is 0 Å². The van der Waals surface area contributed by atoms with E-state index in [-0.39, 0.29) is 19.1 Å². The Morgan fingerprint density at radius 1 is 1.19 bits per heavy atom. The third kappa shape index (κ3) is 4.76. The van der Waals surface area contributed by atoms with Gasteiger partial charge in [0.25, 0.3) is 5.91 Å². The Morgan fingerprint density at radius 2 is 1.89 bits per heavy atom. The van der Waals surface area contributed by atoms with Crippen LogP contribution in [0.2, 0.25) is 0 Å². The van der Waals surface area contributed by atoms with Crippen LogP contribution in [0, 0.1) is 0 Å². The van der Waals surface area contributed by atoms with Gasteiger partial charge in [-0.3, -0.25) is 4.79 Å². The number of methoxy groups -OCH3 is 2. The number of ether oxygens (including phenoxy) is 3. The van der Waals surface area contributed by atoms with Crippen molar-refractivity contribution in [3.05, 3.63) is 41.6 Å². The molecule has 142 valence electrons. The molecule has 0 fully saturated rings. The van der Waals surface area contributed by atoms with Gasteiger partial charge in [-0.15, -0.1) is 11.3 Å². The van der Waals surface area contributed by atoms with Crippen molar-refractivity contribution in [1.29, 1.82) is 0 Å². The van der Waals surface area contributed by atoms with Gasteiger partial charge in [-0.25, -0.2) is 0 Å². The molecule has 2 heterocycles. The Balaban J connectivity index is 1.57. The first-order chi connectivity index (χ1) is 13.1. The molecule has 0 bridgehead atoms. The van der Waals surface area contributed by atoms with E-state index in [1.165, 1.54) is 16.2 Å². The number of likely N-dealkylation sites (N-methyl/N-ethyl adjacent to an activating group) is 1. The average molecular weight is 389 g/mol. The Morgan fingerprint density at radius 3 is 2.52 bits per heavy atom. The molecule has 27 heavy (non-hydrogen) atoms. The van der Waals surface area contributed by atoms with Crippen molar-refractivity contribution in [3.8, 4) is 28.0 Å². The number of hydrogen-bond donors (Lipinski definition) is 0. The second-order valence-electron chi connectivity index (χ2n) is 5.58. The third-order valence-corrected chi connectivity index (χ3v) is 4.56. The topological polar surface area (TPSA) is 86.9 Å². The van der Waals surface area contributed by atoms with Gasteiger partial charge < -0.3 is 23.6 Å². The van der Waals surface area contributed by atoms with Crippen LogP contribution in [0.1, 0.15) is 5.89 Å². The van der Waals surface area contributed by atoms with Crippen LogP contribution in [-0.2, 0) is 11.3 Å². The summed E-state index contributed by atoms with van der Waals surface area (Å²) >= 11 is 1.52. The summed E-state index contributed by atoms with van der Waals surface area (Å²) in [6.45, 7) is 0.0563. The highest BCUT2D eigenvalue weighted by atomic mass is 32.1. The number of rotatable bonds is 8. The molecule has 0 radical (unpaired) electrons. The lowest BCUT2D eigenvalue weighted by Gasteiger charge is -2.15. The summed E-state index contributed by atoms with van der Waals surface area (Å²) < 4.78 is 21.1. The molecule has 0 spiro atoms. The normalized spacial score (nSPS) is 10.5. The van der Waals surface area contributed by atoms with E-state index in [0.29, 0.717) is 29.0 Å². The van der Waals surface area contributed by atoms with Gasteiger partial charge in [-0.2, -0.15) is 4.98 Å². The van der Waals surface area contributed by atoms with Crippen molar-refractivity contribution in [2.75, 3.05) is 27.9 Å². The molecule has 1 amide bonds. The smallest absolute Gasteiger partial charge is 0.260 e. The lowest BCUT2D eigenvalue weighted by atomic mass is 10.3. The van der Waals surface area contributed by atoms with Gasteiger partial charge in [0.15, 0.2) is 6.61 Å². The van der Waals surface area contributed by atoms with E-state index < -0.39 is 0 Å². The Bertz CT molecular complexity index is 872. The summed E-state index contributed by atoms with van der Waals surface area (Å²) in [7, 11) is 4.74. The second kappa shape index (κ2) is 8.54. The number of carbonyl (C=O) groups is 1. The standard InChI is InChI=1S/C18H19N3O5S/c1-21(10-16-19-18(20-26-16)15-5-4-6-27-15)17(22)11-25-14-8-12(23-2)7-13(9-14)24-3/h4-9H,10-11H2,1-3H3. The van der Waals surface area contributed by atoms with Gasteiger partial charge in [0, 0.05) is 25.2 Å². The number of benzene rings is 1. The maximum atomic E-state index is 12.3. The van der Waals surface area contributed by atoms with E-state index in [4.69, 9.17) is 18.7 Å². The minimum atomic E-state index is -0.229. The summed E-state index contributed by atoms with van der Waals surface area (Å²) in [5.74, 6) is 2.28. The van der Waals surface area contributed by atoms with Crippen molar-refractivity contribution in [1.82, 2.24) is 15.0 Å². The summed E-state index contributed by atoms with van der Waals surface area (Å²) in [4.78, 5) is 19.0. The first-order valence-electron chi connectivity index (χ1n) is 8.05. The fourth-order valence-corrected chi connectivity index (χ4v) is 2.89. The first kappa shape index (κ1) is 18.7. The fraction of sp³-hybridized carbons (Fsp3) is 0.278. The predicted molar refractivity (Wildman–Crippen MR) is 99.1 cm³/mol. The molecule has 2 aromatic heterocycles. The number of thiophene rings is 1. The Kier molecular flexibility index (Phi) is 5.92. The Labute approximate surface area is 160 Å². The SMILES string of the molecule is COc1cc(OC)cc(OCC(=O)N(C)Cc2nc(-c3cccs3)no2)c1. The molecule has 1 aromatic carbocycles. The van der Waals surface area contributed by atoms with Crippen LogP contribution in [0.3, 0.4) is 0 Å². The first-order valence-corrected chi connectivity index (χ1v) is 8.93. The molecule has 3 rings (SSSR count). The van der Waals surface area contributed by atoms with Crippen LogP contribution in [0.5, 0.6) is 17.2 Å². The number of amides is 1. The van der Waals surface area contributed by atoms with E-state index in [9.17, 15) is 4.79 Å². The summed E-state index contributed by atoms with van der Waals surface area (Å²) in [6, 6.07) is 8.91. The van der Waals surface area contributed by atoms with E-state index in [1.54, 1.807) is 39.5 Å². The summed E-state index contributed by atoms with van der Waals surface area (Å²) in [6.07, 6.45) is 0. The van der Waals surface area contributed by atoms with Crippen molar-refractivity contribution in [3.63, 3.8) is 0 Å². The average Bonchev–Trinajstić information content (AvgIpc) is 3.37. The predicted octanol–water partition coefficient (Wildman–Crippen LogP) is 2.85. The van der Waals surface area contributed by atoms with Crippen LogP contribution >= 0.6 is 11.3 Å². The number of hydrogen-bond acceptors (Lipinski definition) is 8. The molecular weight excluding hydrogens is 370 g/mol. The molecule has 0 saturated carbocycles. The zero-order valence-electron chi connectivity index (χ0n) is 15.2. The van der Waals surface area contributed by atoms with E-state index in [2.05, 4.69) is 10.1 Å². The highest BCUT2D eigenvalue weighted by molar-refractivity contribution is 7.13. The summed E-state index contributed by atoms with van der Waals surface area (Å²) in [5.41, 5.74) is 0. The molecular formula is C18H19N3O5S. The van der Waals surface area contributed by atoms with Gasteiger partial charge in [-0.1, -0.05) is 11.2 Å². The van der Waals surface area contributed by atoms with E-state index in [0.717, 1.165) is 4.88 Å². The van der Waals surface area contributed by atoms with E-state index >= 15 is 0 Å². The molecule has 0 saturated heterocycles. The van der Waals surface area contributed by atoms with Crippen LogP contribution in [0.15, 0.2) is 40.2 Å². The minimum absolute atomic E-state index is 0.140. The van der Waals surface area contributed by atoms with Crippen LogP contribution in [0.4, 0.5) is 0 Å². The molecule has 0 N–H and O–H groups in total. The zero-order chi connectivity index (χ0) is 19.2. The molecule has 3 aromatic rings. The van der Waals surface area contributed by atoms with E-state index in [1.807, 2.05) is 17.5 Å². The van der Waals surface area contributed by atoms with Gasteiger partial charge in [-0.05, 0) is 11.4 Å². The van der Waals surface area contributed by atoms with Gasteiger partial charge in [0.2, 0.25) is 11.7 Å². The second-order valence-corrected chi connectivity index (χ2v) is 6.52. The minimum Gasteiger partial charge on any atom is -0.496 e. The maximum absolute atomic E-state index is 12.3. The van der Waals surface area contributed by atoms with Gasteiger partial charge >= 0.3 is 0 Å². The number of nitrogens with zero attached hydrogens (tertiary/aromatic N) is 3.